The number of carbonyl (C=O) groups is 1. The maximum Gasteiger partial charge on any atom is 0.326 e. The molecule has 4 N–H and O–H groups in total. The largest absolute Gasteiger partial charge is 0.508 e. The Bertz CT molecular complexity index is 413. The number of aliphatic carboxylic acids is 1. The van der Waals surface area contributed by atoms with Crippen LogP contribution < -0.4 is 5.73 Å². The van der Waals surface area contributed by atoms with Crippen molar-refractivity contribution in [3.63, 3.8) is 0 Å². The van der Waals surface area contributed by atoms with Crippen molar-refractivity contribution in [1.82, 2.24) is 0 Å². The molecule has 0 aliphatic carbocycles. The Hall–Kier alpha value is -1.33. The van der Waals surface area contributed by atoms with Gasteiger partial charge in [-0.3, -0.25) is 4.79 Å². The Morgan fingerprint density at radius 3 is 2.62 bits per heavy atom. The molecule has 6 heteroatoms. The number of aromatic hydroxyl groups is 1. The SMILES string of the molecule is NC(CF)(Cc1ccc(Cl)cc1O)C(=O)O. The number of phenolic OH excluding ortho intramolecular Hbond substituents is 1. The van der Waals surface area contributed by atoms with Gasteiger partial charge in [0.1, 0.15) is 18.0 Å². The highest BCUT2D eigenvalue weighted by molar-refractivity contribution is 6.30. The molecule has 1 unspecified atom stereocenters. The monoisotopic (exact) mass is 247 g/mol. The molecular formula is C10H11ClFNO3. The highest BCUT2D eigenvalue weighted by Crippen LogP contribution is 2.25. The minimum absolute atomic E-state index is 0.197. The fourth-order valence-corrected chi connectivity index (χ4v) is 1.37. The number of benzene rings is 1. The summed E-state index contributed by atoms with van der Waals surface area (Å²) in [4.78, 5) is 10.8. The van der Waals surface area contributed by atoms with Crippen LogP contribution >= 0.6 is 11.6 Å². The van der Waals surface area contributed by atoms with Gasteiger partial charge in [0.05, 0.1) is 0 Å². The second-order valence-corrected chi connectivity index (χ2v) is 3.98. The van der Waals surface area contributed by atoms with E-state index in [4.69, 9.17) is 22.4 Å². The van der Waals surface area contributed by atoms with E-state index in [2.05, 4.69) is 0 Å². The molecular weight excluding hydrogens is 237 g/mol. The van der Waals surface area contributed by atoms with E-state index < -0.39 is 18.2 Å². The van der Waals surface area contributed by atoms with Crippen LogP contribution in [0.2, 0.25) is 5.02 Å². The minimum atomic E-state index is -2.02. The van der Waals surface area contributed by atoms with Gasteiger partial charge in [0.25, 0.3) is 0 Å². The maximum absolute atomic E-state index is 12.6. The second kappa shape index (κ2) is 4.67. The Morgan fingerprint density at radius 2 is 2.19 bits per heavy atom. The van der Waals surface area contributed by atoms with E-state index in [1.807, 2.05) is 0 Å². The van der Waals surface area contributed by atoms with Crippen molar-refractivity contribution in [2.45, 2.75) is 12.0 Å². The summed E-state index contributed by atoms with van der Waals surface area (Å²) in [7, 11) is 0. The molecule has 0 aliphatic heterocycles. The van der Waals surface area contributed by atoms with Crippen LogP contribution in [0.4, 0.5) is 4.39 Å². The topological polar surface area (TPSA) is 83.5 Å². The van der Waals surface area contributed by atoms with Crippen molar-refractivity contribution in [3.05, 3.63) is 28.8 Å². The van der Waals surface area contributed by atoms with Crippen LogP contribution in [-0.2, 0) is 11.2 Å². The standard InChI is InChI=1S/C10H11ClFNO3/c11-7-2-1-6(8(14)3-7)4-10(13,5-12)9(15)16/h1-3,14H,4-5,13H2,(H,15,16). The number of carboxylic acid groups (broad SMARTS) is 1. The molecule has 16 heavy (non-hydrogen) atoms. The molecule has 1 rings (SSSR count). The number of carboxylic acids is 1. The van der Waals surface area contributed by atoms with Crippen molar-refractivity contribution < 1.29 is 19.4 Å². The second-order valence-electron chi connectivity index (χ2n) is 3.54. The predicted molar refractivity (Wildman–Crippen MR) is 57.4 cm³/mol. The van der Waals surface area contributed by atoms with Gasteiger partial charge in [-0.25, -0.2) is 4.39 Å². The average molecular weight is 248 g/mol. The number of halogens is 2. The lowest BCUT2D eigenvalue weighted by molar-refractivity contribution is -0.143. The van der Waals surface area contributed by atoms with Gasteiger partial charge in [-0.1, -0.05) is 17.7 Å². The molecule has 0 amide bonds. The molecule has 0 aromatic heterocycles. The smallest absolute Gasteiger partial charge is 0.326 e. The third-order valence-electron chi connectivity index (χ3n) is 2.22. The third kappa shape index (κ3) is 2.62. The summed E-state index contributed by atoms with van der Waals surface area (Å²) < 4.78 is 12.6. The van der Waals surface area contributed by atoms with Gasteiger partial charge >= 0.3 is 5.97 Å². The molecule has 1 aromatic carbocycles. The first-order valence-electron chi connectivity index (χ1n) is 4.44. The van der Waals surface area contributed by atoms with Crippen molar-refractivity contribution in [3.8, 4) is 5.75 Å². The molecule has 0 fully saturated rings. The molecule has 0 saturated carbocycles. The van der Waals surface area contributed by atoms with Crippen molar-refractivity contribution in [1.29, 1.82) is 0 Å². The highest BCUT2D eigenvalue weighted by Gasteiger charge is 2.35. The zero-order valence-corrected chi connectivity index (χ0v) is 9.04. The minimum Gasteiger partial charge on any atom is -0.508 e. The first-order chi connectivity index (χ1) is 7.39. The van der Waals surface area contributed by atoms with Crippen LogP contribution in [0.5, 0.6) is 5.75 Å². The first-order valence-corrected chi connectivity index (χ1v) is 4.82. The van der Waals surface area contributed by atoms with E-state index in [-0.39, 0.29) is 17.7 Å². The number of nitrogens with two attached hydrogens (primary N) is 1. The maximum atomic E-state index is 12.6. The average Bonchev–Trinajstić information content (AvgIpc) is 2.22. The normalized spacial score (nSPS) is 14.4. The van der Waals surface area contributed by atoms with E-state index >= 15 is 0 Å². The van der Waals surface area contributed by atoms with Crippen molar-refractivity contribution in [2.75, 3.05) is 6.67 Å². The zero-order valence-electron chi connectivity index (χ0n) is 8.28. The van der Waals surface area contributed by atoms with Crippen LogP contribution in [0, 0.1) is 0 Å². The molecule has 0 spiro atoms. The zero-order chi connectivity index (χ0) is 12.3. The van der Waals surface area contributed by atoms with E-state index in [0.29, 0.717) is 5.02 Å². The fourth-order valence-electron chi connectivity index (χ4n) is 1.21. The lowest BCUT2D eigenvalue weighted by Crippen LogP contribution is -2.52. The summed E-state index contributed by atoms with van der Waals surface area (Å²) in [6.45, 7) is -1.22. The summed E-state index contributed by atoms with van der Waals surface area (Å²) in [6.07, 6.45) is -0.304. The Morgan fingerprint density at radius 1 is 1.56 bits per heavy atom. The molecule has 0 heterocycles. The molecule has 0 radical (unpaired) electrons. The number of rotatable bonds is 4. The fraction of sp³-hybridized carbons (Fsp3) is 0.300. The van der Waals surface area contributed by atoms with Crippen LogP contribution in [-0.4, -0.2) is 28.4 Å². The van der Waals surface area contributed by atoms with Crippen molar-refractivity contribution >= 4 is 17.6 Å². The van der Waals surface area contributed by atoms with E-state index in [1.54, 1.807) is 0 Å². The number of hydrogen-bond acceptors (Lipinski definition) is 3. The Balaban J connectivity index is 2.99. The van der Waals surface area contributed by atoms with Gasteiger partial charge in [0, 0.05) is 11.4 Å². The lowest BCUT2D eigenvalue weighted by Gasteiger charge is -2.21. The quantitative estimate of drug-likeness (QED) is 0.750. The Kier molecular flexibility index (Phi) is 3.72. The van der Waals surface area contributed by atoms with E-state index in [9.17, 15) is 14.3 Å². The van der Waals surface area contributed by atoms with Gasteiger partial charge in [-0.05, 0) is 17.7 Å². The summed E-state index contributed by atoms with van der Waals surface area (Å²) >= 11 is 5.60. The number of phenols is 1. The Labute approximate surface area is 96.4 Å². The summed E-state index contributed by atoms with van der Waals surface area (Å²) in [5, 5.41) is 18.5. The predicted octanol–water partition coefficient (Wildman–Crippen LogP) is 1.34. The van der Waals surface area contributed by atoms with Gasteiger partial charge < -0.3 is 15.9 Å². The summed E-state index contributed by atoms with van der Waals surface area (Å²) in [6, 6.07) is 4.13. The molecule has 88 valence electrons. The van der Waals surface area contributed by atoms with Gasteiger partial charge in [-0.2, -0.15) is 0 Å². The molecule has 0 bridgehead atoms. The first kappa shape index (κ1) is 12.7. The van der Waals surface area contributed by atoms with Crippen LogP contribution in [0.3, 0.4) is 0 Å². The molecule has 1 atom stereocenters. The number of hydrogen-bond donors (Lipinski definition) is 3. The molecule has 0 saturated heterocycles. The van der Waals surface area contributed by atoms with Crippen molar-refractivity contribution in [2.24, 2.45) is 5.73 Å². The van der Waals surface area contributed by atoms with E-state index in [0.717, 1.165) is 0 Å². The molecule has 0 aliphatic rings. The van der Waals surface area contributed by atoms with Gasteiger partial charge in [-0.15, -0.1) is 0 Å². The van der Waals surface area contributed by atoms with Gasteiger partial charge in [0.2, 0.25) is 0 Å². The summed E-state index contributed by atoms with van der Waals surface area (Å²) in [5.74, 6) is -1.65. The third-order valence-corrected chi connectivity index (χ3v) is 2.45. The number of alkyl halides is 1. The van der Waals surface area contributed by atoms with Gasteiger partial charge in [0.15, 0.2) is 0 Å². The highest BCUT2D eigenvalue weighted by atomic mass is 35.5. The summed E-state index contributed by atoms with van der Waals surface area (Å²) in [5.41, 5.74) is 3.58. The van der Waals surface area contributed by atoms with Crippen LogP contribution in [0.25, 0.3) is 0 Å². The lowest BCUT2D eigenvalue weighted by atomic mass is 9.93. The molecule has 4 nitrogen and oxygen atoms in total. The van der Waals surface area contributed by atoms with Crippen LogP contribution in [0.15, 0.2) is 18.2 Å². The molecule has 1 aromatic rings. The van der Waals surface area contributed by atoms with E-state index in [1.165, 1.54) is 18.2 Å². The van der Waals surface area contributed by atoms with Crippen LogP contribution in [0.1, 0.15) is 5.56 Å².